The van der Waals surface area contributed by atoms with E-state index in [2.05, 4.69) is 27.7 Å². The van der Waals surface area contributed by atoms with Gasteiger partial charge in [-0.1, -0.05) is 0 Å². The van der Waals surface area contributed by atoms with Crippen LogP contribution in [0, 0.1) is 0 Å². The van der Waals surface area contributed by atoms with Crippen molar-refractivity contribution in [2.45, 2.75) is 6.42 Å². The van der Waals surface area contributed by atoms with E-state index in [1.165, 1.54) is 5.69 Å². The summed E-state index contributed by atoms with van der Waals surface area (Å²) in [5, 5.41) is 6.27. The molecule has 0 unspecified atom stereocenters. The number of hydrogen-bond acceptors (Lipinski definition) is 4. The van der Waals surface area contributed by atoms with Gasteiger partial charge in [-0.25, -0.2) is 0 Å². The highest BCUT2D eigenvalue weighted by Crippen LogP contribution is 2.18. The highest BCUT2D eigenvalue weighted by atomic mass is 16.1. The number of nitrogens with zero attached hydrogens (tertiary/aromatic N) is 2. The fourth-order valence-electron chi connectivity index (χ4n) is 2.23. The van der Waals surface area contributed by atoms with Gasteiger partial charge < -0.3 is 20.4 Å². The predicted octanol–water partition coefficient (Wildman–Crippen LogP) is 0.986. The molecule has 1 amide bonds. The first-order valence-corrected chi connectivity index (χ1v) is 7.15. The maximum Gasteiger partial charge on any atom is 0.225 e. The quantitative estimate of drug-likeness (QED) is 0.842. The zero-order chi connectivity index (χ0) is 14.4. The first-order chi connectivity index (χ1) is 9.65. The molecule has 1 aliphatic rings. The molecule has 0 saturated carbocycles. The molecule has 2 rings (SSSR count). The smallest absolute Gasteiger partial charge is 0.225 e. The van der Waals surface area contributed by atoms with Gasteiger partial charge >= 0.3 is 0 Å². The maximum atomic E-state index is 11.7. The van der Waals surface area contributed by atoms with Gasteiger partial charge in [0.1, 0.15) is 0 Å². The van der Waals surface area contributed by atoms with Crippen molar-refractivity contribution in [3.8, 4) is 0 Å². The zero-order valence-electron chi connectivity index (χ0n) is 12.4. The van der Waals surface area contributed by atoms with Gasteiger partial charge in [0.05, 0.1) is 0 Å². The van der Waals surface area contributed by atoms with Crippen molar-refractivity contribution in [2.24, 2.45) is 0 Å². The van der Waals surface area contributed by atoms with Crippen LogP contribution in [0.2, 0.25) is 0 Å². The predicted molar refractivity (Wildman–Crippen MR) is 83.3 cm³/mol. The first kappa shape index (κ1) is 14.8. The molecular formula is C15H24N4O. The molecular weight excluding hydrogens is 252 g/mol. The lowest BCUT2D eigenvalue weighted by molar-refractivity contribution is -0.116. The Bertz CT molecular complexity index is 424. The van der Waals surface area contributed by atoms with Gasteiger partial charge in [0, 0.05) is 50.5 Å². The molecule has 1 saturated heterocycles. The molecule has 0 bridgehead atoms. The summed E-state index contributed by atoms with van der Waals surface area (Å²) in [5.74, 6) is 0.0635. The van der Waals surface area contributed by atoms with Gasteiger partial charge in [0.15, 0.2) is 0 Å². The molecule has 1 heterocycles. The normalized spacial score (nSPS) is 15.4. The average molecular weight is 276 g/mol. The lowest BCUT2D eigenvalue weighted by Gasteiger charge is -2.29. The molecule has 1 aromatic rings. The number of carbonyl (C=O) groups excluding carboxylic acids is 1. The Morgan fingerprint density at radius 3 is 2.50 bits per heavy atom. The van der Waals surface area contributed by atoms with Crippen molar-refractivity contribution >= 4 is 17.3 Å². The fraction of sp³-hybridized carbons (Fsp3) is 0.533. The van der Waals surface area contributed by atoms with Gasteiger partial charge in [0.2, 0.25) is 5.91 Å². The second-order valence-corrected chi connectivity index (χ2v) is 5.39. The van der Waals surface area contributed by atoms with E-state index in [0.29, 0.717) is 6.42 Å². The van der Waals surface area contributed by atoms with Gasteiger partial charge in [-0.2, -0.15) is 0 Å². The summed E-state index contributed by atoms with van der Waals surface area (Å²) in [6.07, 6.45) is 0.520. The van der Waals surface area contributed by atoms with Crippen molar-refractivity contribution in [1.29, 1.82) is 0 Å². The van der Waals surface area contributed by atoms with Crippen LogP contribution < -0.4 is 15.5 Å². The second kappa shape index (κ2) is 7.26. The summed E-state index contributed by atoms with van der Waals surface area (Å²) in [5.41, 5.74) is 2.09. The van der Waals surface area contributed by atoms with Gasteiger partial charge in [-0.15, -0.1) is 0 Å². The van der Waals surface area contributed by atoms with Crippen molar-refractivity contribution in [1.82, 2.24) is 10.2 Å². The number of hydrogen-bond donors (Lipinski definition) is 2. The third kappa shape index (κ3) is 4.51. The van der Waals surface area contributed by atoms with Crippen LogP contribution in [0.3, 0.4) is 0 Å². The molecule has 5 nitrogen and oxygen atoms in total. The van der Waals surface area contributed by atoms with Crippen LogP contribution in [0.4, 0.5) is 11.4 Å². The third-order valence-corrected chi connectivity index (χ3v) is 3.42. The van der Waals surface area contributed by atoms with E-state index in [4.69, 9.17) is 0 Å². The molecule has 0 radical (unpaired) electrons. The van der Waals surface area contributed by atoms with Crippen LogP contribution in [0.25, 0.3) is 0 Å². The van der Waals surface area contributed by atoms with Crippen molar-refractivity contribution in [3.63, 3.8) is 0 Å². The Balaban J connectivity index is 1.86. The van der Waals surface area contributed by atoms with Crippen LogP contribution in [0.5, 0.6) is 0 Å². The summed E-state index contributed by atoms with van der Waals surface area (Å²) in [4.78, 5) is 16.1. The van der Waals surface area contributed by atoms with Crippen LogP contribution in [-0.2, 0) is 4.79 Å². The summed E-state index contributed by atoms with van der Waals surface area (Å²) >= 11 is 0. The average Bonchev–Trinajstić information content (AvgIpc) is 2.47. The summed E-state index contributed by atoms with van der Waals surface area (Å²) in [6.45, 7) is 4.90. The van der Waals surface area contributed by atoms with E-state index >= 15 is 0 Å². The van der Waals surface area contributed by atoms with E-state index in [-0.39, 0.29) is 5.91 Å². The molecule has 2 N–H and O–H groups in total. The molecule has 20 heavy (non-hydrogen) atoms. The van der Waals surface area contributed by atoms with Crippen molar-refractivity contribution < 1.29 is 4.79 Å². The molecule has 1 aliphatic heterocycles. The Morgan fingerprint density at radius 2 is 1.90 bits per heavy atom. The Morgan fingerprint density at radius 1 is 1.25 bits per heavy atom. The van der Waals surface area contributed by atoms with Crippen molar-refractivity contribution in [2.75, 3.05) is 57.0 Å². The van der Waals surface area contributed by atoms with Crippen LogP contribution >= 0.6 is 0 Å². The lowest BCUT2D eigenvalue weighted by atomic mass is 10.2. The Hall–Kier alpha value is -1.59. The van der Waals surface area contributed by atoms with Crippen molar-refractivity contribution in [3.05, 3.63) is 24.3 Å². The maximum absolute atomic E-state index is 11.7. The lowest BCUT2D eigenvalue weighted by Crippen LogP contribution is -2.43. The third-order valence-electron chi connectivity index (χ3n) is 3.42. The van der Waals surface area contributed by atoms with E-state index < -0.39 is 0 Å². The monoisotopic (exact) mass is 276 g/mol. The SMILES string of the molecule is CN(C)CCC(=O)Nc1ccc(N2CCNCC2)cc1. The highest BCUT2D eigenvalue weighted by Gasteiger charge is 2.10. The Kier molecular flexibility index (Phi) is 5.38. The summed E-state index contributed by atoms with van der Waals surface area (Å²) in [7, 11) is 3.94. The van der Waals surface area contributed by atoms with Gasteiger partial charge in [0.25, 0.3) is 0 Å². The first-order valence-electron chi connectivity index (χ1n) is 7.15. The van der Waals surface area contributed by atoms with E-state index in [1.807, 2.05) is 31.1 Å². The largest absolute Gasteiger partial charge is 0.369 e. The summed E-state index contributed by atoms with van der Waals surface area (Å²) < 4.78 is 0. The molecule has 110 valence electrons. The minimum absolute atomic E-state index is 0.0635. The topological polar surface area (TPSA) is 47.6 Å². The van der Waals surface area contributed by atoms with Crippen LogP contribution in [-0.4, -0.2) is 57.6 Å². The standard InChI is InChI=1S/C15H24N4O/c1-18(2)10-7-15(20)17-13-3-5-14(6-4-13)19-11-8-16-9-12-19/h3-6,16H,7-12H2,1-2H3,(H,17,20). The van der Waals surface area contributed by atoms with Gasteiger partial charge in [-0.05, 0) is 38.4 Å². The number of benzene rings is 1. The number of nitrogens with one attached hydrogen (secondary N) is 2. The van der Waals surface area contributed by atoms with Crippen LogP contribution in [0.1, 0.15) is 6.42 Å². The number of anilines is 2. The van der Waals surface area contributed by atoms with Crippen LogP contribution in [0.15, 0.2) is 24.3 Å². The zero-order valence-corrected chi connectivity index (χ0v) is 12.4. The number of carbonyl (C=O) groups is 1. The van der Waals surface area contributed by atoms with E-state index in [0.717, 1.165) is 38.4 Å². The second-order valence-electron chi connectivity index (χ2n) is 5.39. The minimum atomic E-state index is 0.0635. The molecule has 0 atom stereocenters. The fourth-order valence-corrected chi connectivity index (χ4v) is 2.23. The molecule has 1 aromatic carbocycles. The highest BCUT2D eigenvalue weighted by molar-refractivity contribution is 5.91. The number of piperazine rings is 1. The molecule has 0 aliphatic carbocycles. The molecule has 0 aromatic heterocycles. The molecule has 0 spiro atoms. The summed E-state index contributed by atoms with van der Waals surface area (Å²) in [6, 6.07) is 8.11. The molecule has 1 fully saturated rings. The van der Waals surface area contributed by atoms with E-state index in [9.17, 15) is 4.79 Å². The van der Waals surface area contributed by atoms with E-state index in [1.54, 1.807) is 0 Å². The Labute approximate surface area is 120 Å². The number of amides is 1. The number of rotatable bonds is 5. The molecule has 5 heteroatoms. The van der Waals surface area contributed by atoms with Gasteiger partial charge in [-0.3, -0.25) is 4.79 Å². The minimum Gasteiger partial charge on any atom is -0.369 e.